The van der Waals surface area contributed by atoms with E-state index in [9.17, 15) is 9.90 Å². The van der Waals surface area contributed by atoms with Crippen molar-refractivity contribution in [2.24, 2.45) is 21.7 Å². The first-order chi connectivity index (χ1) is 8.87. The van der Waals surface area contributed by atoms with E-state index in [-0.39, 0.29) is 0 Å². The van der Waals surface area contributed by atoms with Crippen molar-refractivity contribution >= 4 is 5.97 Å². The quantitative estimate of drug-likeness (QED) is 0.727. The Bertz CT molecular complexity index is 510. The predicted octanol–water partition coefficient (Wildman–Crippen LogP) is 2.30. The van der Waals surface area contributed by atoms with E-state index in [2.05, 4.69) is 17.8 Å². The number of rotatable bonds is 1. The van der Waals surface area contributed by atoms with Crippen LogP contribution in [0.5, 0.6) is 0 Å². The van der Waals surface area contributed by atoms with Gasteiger partial charge in [0.25, 0.3) is 0 Å². The van der Waals surface area contributed by atoms with Crippen molar-refractivity contribution in [1.82, 2.24) is 0 Å². The maximum Gasteiger partial charge on any atom is 0.309 e. The van der Waals surface area contributed by atoms with Crippen molar-refractivity contribution in [3.8, 4) is 37.0 Å². The van der Waals surface area contributed by atoms with Gasteiger partial charge in [-0.15, -0.1) is 19.3 Å². The molecular weight excluding hydrogens is 236 g/mol. The summed E-state index contributed by atoms with van der Waals surface area (Å²) in [4.78, 5) is 11.8. The van der Waals surface area contributed by atoms with Gasteiger partial charge in [-0.3, -0.25) is 4.79 Å². The van der Waals surface area contributed by atoms with Crippen molar-refractivity contribution in [2.45, 2.75) is 38.5 Å². The van der Waals surface area contributed by atoms with Crippen molar-refractivity contribution in [3.63, 3.8) is 0 Å². The Kier molecular flexibility index (Phi) is 2.04. The average molecular weight is 252 g/mol. The van der Waals surface area contributed by atoms with Gasteiger partial charge < -0.3 is 5.11 Å². The molecular formula is C17H16O2. The summed E-state index contributed by atoms with van der Waals surface area (Å²) in [5.74, 6) is 7.77. The van der Waals surface area contributed by atoms with Gasteiger partial charge in [0, 0.05) is 16.2 Å². The molecule has 2 nitrogen and oxygen atoms in total. The molecule has 0 saturated heterocycles. The van der Waals surface area contributed by atoms with Crippen LogP contribution in [0.3, 0.4) is 0 Å². The maximum atomic E-state index is 11.8. The second kappa shape index (κ2) is 3.18. The van der Waals surface area contributed by atoms with E-state index in [1.165, 1.54) is 0 Å². The lowest BCUT2D eigenvalue weighted by Crippen LogP contribution is -2.62. The highest BCUT2D eigenvalue weighted by Gasteiger charge is 2.69. The van der Waals surface area contributed by atoms with Crippen LogP contribution in [-0.2, 0) is 4.79 Å². The van der Waals surface area contributed by atoms with Crippen LogP contribution < -0.4 is 0 Å². The summed E-state index contributed by atoms with van der Waals surface area (Å²) in [5, 5.41) is 9.70. The number of aliphatic carboxylic acids is 1. The highest BCUT2D eigenvalue weighted by atomic mass is 16.4. The third-order valence-electron chi connectivity index (χ3n) is 5.43. The lowest BCUT2D eigenvalue weighted by Gasteiger charge is -2.65. The molecule has 4 fully saturated rings. The molecule has 0 spiro atoms. The number of hydrogen-bond acceptors (Lipinski definition) is 1. The second-order valence-electron chi connectivity index (χ2n) is 6.92. The lowest BCUT2D eigenvalue weighted by atomic mass is 9.36. The molecule has 4 aliphatic rings. The fourth-order valence-corrected chi connectivity index (χ4v) is 5.32. The highest BCUT2D eigenvalue weighted by Crippen LogP contribution is 2.73. The molecule has 1 N–H and O–H groups in total. The number of carbonyl (C=O) groups is 1. The topological polar surface area (TPSA) is 37.3 Å². The summed E-state index contributed by atoms with van der Waals surface area (Å²) in [6, 6.07) is 0. The van der Waals surface area contributed by atoms with Crippen LogP contribution in [0.1, 0.15) is 38.5 Å². The zero-order valence-corrected chi connectivity index (χ0v) is 10.8. The number of carboxylic acids is 1. The van der Waals surface area contributed by atoms with E-state index in [1.807, 2.05) is 0 Å². The molecule has 0 amide bonds. The Morgan fingerprint density at radius 3 is 1.32 bits per heavy atom. The molecule has 4 saturated carbocycles. The van der Waals surface area contributed by atoms with Crippen LogP contribution in [0, 0.1) is 58.7 Å². The Labute approximate surface area is 114 Å². The number of carboxylic acid groups (broad SMARTS) is 1. The first kappa shape index (κ1) is 12.2. The summed E-state index contributed by atoms with van der Waals surface area (Å²) in [5.41, 5.74) is -2.09. The second-order valence-corrected chi connectivity index (χ2v) is 6.92. The fourth-order valence-electron chi connectivity index (χ4n) is 5.32. The molecule has 0 aromatic carbocycles. The zero-order chi connectivity index (χ0) is 13.9. The van der Waals surface area contributed by atoms with E-state index >= 15 is 0 Å². The molecule has 0 aromatic rings. The van der Waals surface area contributed by atoms with Gasteiger partial charge in [0.2, 0.25) is 0 Å². The smallest absolute Gasteiger partial charge is 0.309 e. The monoisotopic (exact) mass is 252 g/mol. The third-order valence-corrected chi connectivity index (χ3v) is 5.43. The SMILES string of the molecule is C#CC12CC3(C#C)CC(C#C)(C1)CC(C(=O)O)(C2)C3. The van der Waals surface area contributed by atoms with Crippen LogP contribution >= 0.6 is 0 Å². The molecule has 2 heteroatoms. The van der Waals surface area contributed by atoms with Gasteiger partial charge in [-0.05, 0) is 38.5 Å². The normalized spacial score (nSPS) is 49.9. The van der Waals surface area contributed by atoms with Crippen LogP contribution in [-0.4, -0.2) is 11.1 Å². The zero-order valence-electron chi connectivity index (χ0n) is 10.8. The molecule has 0 heterocycles. The van der Waals surface area contributed by atoms with Crippen molar-refractivity contribution in [2.75, 3.05) is 0 Å². The fraction of sp³-hybridized carbons (Fsp3) is 0.588. The van der Waals surface area contributed by atoms with E-state index in [4.69, 9.17) is 19.3 Å². The lowest BCUT2D eigenvalue weighted by molar-refractivity contribution is -0.183. The Balaban J connectivity index is 2.22. The molecule has 0 aliphatic heterocycles. The van der Waals surface area contributed by atoms with E-state index in [0.717, 1.165) is 19.3 Å². The maximum absolute atomic E-state index is 11.8. The van der Waals surface area contributed by atoms with Crippen molar-refractivity contribution in [3.05, 3.63) is 0 Å². The Morgan fingerprint density at radius 1 is 0.789 bits per heavy atom. The van der Waals surface area contributed by atoms with Gasteiger partial charge in [-0.2, -0.15) is 0 Å². The molecule has 4 rings (SSSR count). The number of hydrogen-bond donors (Lipinski definition) is 1. The summed E-state index contributed by atoms with van der Waals surface area (Å²) in [6.07, 6.45) is 21.0. The van der Waals surface area contributed by atoms with Gasteiger partial charge in [0.1, 0.15) is 0 Å². The molecule has 4 aliphatic carbocycles. The minimum Gasteiger partial charge on any atom is -0.481 e. The summed E-state index contributed by atoms with van der Waals surface area (Å²) in [7, 11) is 0. The molecule has 0 radical (unpaired) electrons. The van der Waals surface area contributed by atoms with Gasteiger partial charge in [0.05, 0.1) is 5.41 Å². The molecule has 0 atom stereocenters. The van der Waals surface area contributed by atoms with Gasteiger partial charge >= 0.3 is 5.97 Å². The van der Waals surface area contributed by atoms with Gasteiger partial charge in [0.15, 0.2) is 0 Å². The summed E-state index contributed by atoms with van der Waals surface area (Å²) in [6.45, 7) is 0. The van der Waals surface area contributed by atoms with Crippen LogP contribution in [0.15, 0.2) is 0 Å². The van der Waals surface area contributed by atoms with E-state index < -0.39 is 27.6 Å². The summed E-state index contributed by atoms with van der Waals surface area (Å²) >= 11 is 0. The molecule has 4 bridgehead atoms. The van der Waals surface area contributed by atoms with Crippen LogP contribution in [0.25, 0.3) is 0 Å². The molecule has 0 unspecified atom stereocenters. The third kappa shape index (κ3) is 1.34. The first-order valence-corrected chi connectivity index (χ1v) is 6.54. The van der Waals surface area contributed by atoms with E-state index in [0.29, 0.717) is 19.3 Å². The van der Waals surface area contributed by atoms with E-state index in [1.54, 1.807) is 0 Å². The molecule has 19 heavy (non-hydrogen) atoms. The van der Waals surface area contributed by atoms with Crippen molar-refractivity contribution in [1.29, 1.82) is 0 Å². The van der Waals surface area contributed by atoms with Crippen LogP contribution in [0.2, 0.25) is 0 Å². The minimum atomic E-state index is -0.820. The predicted molar refractivity (Wildman–Crippen MR) is 71.6 cm³/mol. The highest BCUT2D eigenvalue weighted by molar-refractivity contribution is 5.76. The Morgan fingerprint density at radius 2 is 1.11 bits per heavy atom. The standard InChI is InChI=1S/C17H16O2/c1-4-14-7-15(5-2)9-16(6-3,8-14)12-17(10-14,11-15)13(18)19/h1-3H,7-12H2,(H,18,19). The molecule has 0 aromatic heterocycles. The summed E-state index contributed by atoms with van der Waals surface area (Å²) < 4.78 is 0. The molecule has 96 valence electrons. The minimum absolute atomic E-state index is 0.425. The van der Waals surface area contributed by atoms with Crippen LogP contribution in [0.4, 0.5) is 0 Å². The largest absolute Gasteiger partial charge is 0.481 e. The van der Waals surface area contributed by atoms with Gasteiger partial charge in [-0.25, -0.2) is 0 Å². The number of terminal acetylenes is 3. The average Bonchev–Trinajstić information content (AvgIpc) is 2.37. The Hall–Kier alpha value is -1.85. The first-order valence-electron chi connectivity index (χ1n) is 6.54. The van der Waals surface area contributed by atoms with Gasteiger partial charge in [-0.1, -0.05) is 17.8 Å². The van der Waals surface area contributed by atoms with Crippen molar-refractivity contribution < 1.29 is 9.90 Å².